The number of rotatable bonds is 6. The second-order valence-electron chi connectivity index (χ2n) is 4.57. The van der Waals surface area contributed by atoms with Crippen LogP contribution in [0.4, 0.5) is 0 Å². The molecule has 5 heteroatoms. The minimum absolute atomic E-state index is 0.566. The number of hydrogen-bond donors (Lipinski definition) is 0. The fourth-order valence-electron chi connectivity index (χ4n) is 1.91. The van der Waals surface area contributed by atoms with Crippen molar-refractivity contribution in [2.45, 2.75) is 36.9 Å². The summed E-state index contributed by atoms with van der Waals surface area (Å²) in [5, 5.41) is 12.9. The summed E-state index contributed by atoms with van der Waals surface area (Å²) >= 11 is 1.77. The first-order chi connectivity index (χ1) is 8.93. The van der Waals surface area contributed by atoms with E-state index in [1.807, 2.05) is 4.68 Å². The molecule has 1 aromatic heterocycles. The van der Waals surface area contributed by atoms with Gasteiger partial charge in [0.2, 0.25) is 5.16 Å². The summed E-state index contributed by atoms with van der Waals surface area (Å²) < 4.78 is 1.98. The van der Waals surface area contributed by atoms with Gasteiger partial charge in [0.05, 0.1) is 6.04 Å². The van der Waals surface area contributed by atoms with Gasteiger partial charge in [-0.25, -0.2) is 4.68 Å². The van der Waals surface area contributed by atoms with Crippen LogP contribution in [0.5, 0.6) is 0 Å². The van der Waals surface area contributed by atoms with Gasteiger partial charge in [-0.15, -0.1) is 5.10 Å². The van der Waals surface area contributed by atoms with Crippen molar-refractivity contribution in [3.63, 3.8) is 0 Å². The molecule has 0 amide bonds. The van der Waals surface area contributed by atoms with Gasteiger partial charge in [-0.3, -0.25) is 0 Å². The fourth-order valence-corrected chi connectivity index (χ4v) is 2.80. The number of aromatic nitrogens is 4. The Kier molecular flexibility index (Phi) is 3.59. The Bertz CT molecular complexity index is 493. The zero-order chi connectivity index (χ0) is 12.2. The van der Waals surface area contributed by atoms with Gasteiger partial charge < -0.3 is 0 Å². The van der Waals surface area contributed by atoms with Crippen molar-refractivity contribution < 1.29 is 0 Å². The molecule has 18 heavy (non-hydrogen) atoms. The minimum atomic E-state index is 0.566. The van der Waals surface area contributed by atoms with E-state index in [0.717, 1.165) is 23.8 Å². The van der Waals surface area contributed by atoms with Crippen molar-refractivity contribution in [2.24, 2.45) is 0 Å². The Labute approximate surface area is 111 Å². The molecule has 1 saturated carbocycles. The van der Waals surface area contributed by atoms with E-state index in [1.54, 1.807) is 11.8 Å². The lowest BCUT2D eigenvalue weighted by molar-refractivity contribution is 0.565. The van der Waals surface area contributed by atoms with Gasteiger partial charge in [0, 0.05) is 5.75 Å². The summed E-state index contributed by atoms with van der Waals surface area (Å²) in [5.41, 5.74) is 1.40. The third-order valence-corrected chi connectivity index (χ3v) is 4.06. The Balaban J connectivity index is 1.45. The van der Waals surface area contributed by atoms with E-state index in [4.69, 9.17) is 0 Å². The molecule has 2 aromatic rings. The highest BCUT2D eigenvalue weighted by Crippen LogP contribution is 2.36. The lowest BCUT2D eigenvalue weighted by Gasteiger charge is -2.02. The topological polar surface area (TPSA) is 43.6 Å². The van der Waals surface area contributed by atoms with Crippen LogP contribution >= 0.6 is 11.8 Å². The van der Waals surface area contributed by atoms with Gasteiger partial charge in [-0.05, 0) is 41.7 Å². The number of hydrogen-bond acceptors (Lipinski definition) is 4. The van der Waals surface area contributed by atoms with E-state index in [0.29, 0.717) is 6.04 Å². The van der Waals surface area contributed by atoms with Crippen molar-refractivity contribution in [1.82, 2.24) is 20.2 Å². The van der Waals surface area contributed by atoms with Crippen molar-refractivity contribution >= 4 is 11.8 Å². The Hall–Kier alpha value is -1.36. The van der Waals surface area contributed by atoms with Crippen LogP contribution in [0.3, 0.4) is 0 Å². The summed E-state index contributed by atoms with van der Waals surface area (Å²) in [7, 11) is 0. The number of nitrogens with zero attached hydrogens (tertiary/aromatic N) is 4. The van der Waals surface area contributed by atoms with Crippen molar-refractivity contribution in [3.05, 3.63) is 35.9 Å². The molecule has 0 atom stereocenters. The van der Waals surface area contributed by atoms with E-state index in [2.05, 4.69) is 45.9 Å². The minimum Gasteiger partial charge on any atom is -0.217 e. The molecule has 4 nitrogen and oxygen atoms in total. The van der Waals surface area contributed by atoms with Crippen LogP contribution in [0.25, 0.3) is 0 Å². The molecule has 0 N–H and O–H groups in total. The standard InChI is InChI=1S/C13H16N4S/c1-2-5-11(6-3-1)7-4-10-18-13-14-15-16-17(13)12-8-9-12/h1-3,5-6,12H,4,7-10H2. The van der Waals surface area contributed by atoms with Gasteiger partial charge in [0.15, 0.2) is 0 Å². The number of benzene rings is 1. The van der Waals surface area contributed by atoms with E-state index in [1.165, 1.54) is 18.4 Å². The van der Waals surface area contributed by atoms with Crippen LogP contribution in [0, 0.1) is 0 Å². The third kappa shape index (κ3) is 2.90. The highest BCUT2D eigenvalue weighted by atomic mass is 32.2. The second-order valence-corrected chi connectivity index (χ2v) is 5.64. The second kappa shape index (κ2) is 5.52. The van der Waals surface area contributed by atoms with Gasteiger partial charge in [-0.2, -0.15) is 0 Å². The molecule has 0 bridgehead atoms. The summed E-state index contributed by atoms with van der Waals surface area (Å²) in [5.74, 6) is 1.07. The molecule has 0 aliphatic heterocycles. The number of tetrazole rings is 1. The molecule has 1 aliphatic rings. The predicted octanol–water partition coefficient (Wildman–Crippen LogP) is 2.73. The zero-order valence-electron chi connectivity index (χ0n) is 10.2. The molecule has 1 fully saturated rings. The normalized spacial score (nSPS) is 14.9. The highest BCUT2D eigenvalue weighted by Gasteiger charge is 2.27. The maximum Gasteiger partial charge on any atom is 0.209 e. The first-order valence-electron chi connectivity index (χ1n) is 6.38. The molecule has 0 saturated heterocycles. The molecular formula is C13H16N4S. The van der Waals surface area contributed by atoms with Crippen molar-refractivity contribution in [2.75, 3.05) is 5.75 Å². The molecule has 0 unspecified atom stereocenters. The van der Waals surface area contributed by atoms with Crippen LogP contribution in [-0.4, -0.2) is 26.0 Å². The first kappa shape index (κ1) is 11.7. The van der Waals surface area contributed by atoms with Gasteiger partial charge >= 0.3 is 0 Å². The van der Waals surface area contributed by atoms with Crippen molar-refractivity contribution in [3.8, 4) is 0 Å². The lowest BCUT2D eigenvalue weighted by Crippen LogP contribution is -1.99. The summed E-state index contributed by atoms with van der Waals surface area (Å²) in [6.45, 7) is 0. The first-order valence-corrected chi connectivity index (χ1v) is 7.36. The van der Waals surface area contributed by atoms with E-state index >= 15 is 0 Å². The molecule has 3 rings (SSSR count). The van der Waals surface area contributed by atoms with Crippen LogP contribution in [0.2, 0.25) is 0 Å². The fraction of sp³-hybridized carbons (Fsp3) is 0.462. The Morgan fingerprint density at radius 2 is 2.06 bits per heavy atom. The SMILES string of the molecule is c1ccc(CCCSc2nnnn2C2CC2)cc1. The van der Waals surface area contributed by atoms with Gasteiger partial charge in [0.1, 0.15) is 0 Å². The monoisotopic (exact) mass is 260 g/mol. The maximum absolute atomic E-state index is 4.09. The Morgan fingerprint density at radius 1 is 1.22 bits per heavy atom. The molecular weight excluding hydrogens is 244 g/mol. The average Bonchev–Trinajstić information content (AvgIpc) is 3.16. The van der Waals surface area contributed by atoms with Gasteiger partial charge in [0.25, 0.3) is 0 Å². The molecule has 0 radical (unpaired) electrons. The van der Waals surface area contributed by atoms with Crippen molar-refractivity contribution in [1.29, 1.82) is 0 Å². The molecule has 0 spiro atoms. The molecule has 1 heterocycles. The summed E-state index contributed by atoms with van der Waals surface area (Å²) in [4.78, 5) is 0. The quantitative estimate of drug-likeness (QED) is 0.591. The third-order valence-electron chi connectivity index (χ3n) is 3.04. The molecule has 1 aliphatic carbocycles. The Morgan fingerprint density at radius 3 is 2.83 bits per heavy atom. The predicted molar refractivity (Wildman–Crippen MR) is 71.6 cm³/mol. The van der Waals surface area contributed by atoms with E-state index in [9.17, 15) is 0 Å². The summed E-state index contributed by atoms with van der Waals surface area (Å²) in [6.07, 6.45) is 4.73. The van der Waals surface area contributed by atoms with Gasteiger partial charge in [-0.1, -0.05) is 42.1 Å². The average molecular weight is 260 g/mol. The molecule has 94 valence electrons. The smallest absolute Gasteiger partial charge is 0.209 e. The number of thioether (sulfide) groups is 1. The molecule has 1 aromatic carbocycles. The highest BCUT2D eigenvalue weighted by molar-refractivity contribution is 7.99. The van der Waals surface area contributed by atoms with Crippen LogP contribution < -0.4 is 0 Å². The van der Waals surface area contributed by atoms with Crippen LogP contribution in [0.15, 0.2) is 35.5 Å². The number of aryl methyl sites for hydroxylation is 1. The summed E-state index contributed by atoms with van der Waals surface area (Å²) in [6, 6.07) is 11.2. The lowest BCUT2D eigenvalue weighted by atomic mass is 10.1. The van der Waals surface area contributed by atoms with E-state index in [-0.39, 0.29) is 0 Å². The maximum atomic E-state index is 4.09. The zero-order valence-corrected chi connectivity index (χ0v) is 11.0. The van der Waals surface area contributed by atoms with Crippen LogP contribution in [0.1, 0.15) is 30.9 Å². The van der Waals surface area contributed by atoms with E-state index < -0.39 is 0 Å². The van der Waals surface area contributed by atoms with Crippen LogP contribution in [-0.2, 0) is 6.42 Å². The largest absolute Gasteiger partial charge is 0.217 e.